The van der Waals surface area contributed by atoms with Gasteiger partial charge in [-0.2, -0.15) is 0 Å². The lowest BCUT2D eigenvalue weighted by Crippen LogP contribution is -2.29. The van der Waals surface area contributed by atoms with E-state index in [1.807, 2.05) is 0 Å². The first-order valence-corrected chi connectivity index (χ1v) is 8.17. The van der Waals surface area contributed by atoms with Gasteiger partial charge in [0, 0.05) is 21.4 Å². The molecule has 2 nitrogen and oxygen atoms in total. The van der Waals surface area contributed by atoms with Crippen LogP contribution in [0.2, 0.25) is 5.02 Å². The van der Waals surface area contributed by atoms with Crippen molar-refractivity contribution in [3.63, 3.8) is 0 Å². The molecule has 1 amide bonds. The third-order valence-electron chi connectivity index (χ3n) is 2.82. The van der Waals surface area contributed by atoms with Gasteiger partial charge in [-0.15, -0.1) is 0 Å². The summed E-state index contributed by atoms with van der Waals surface area (Å²) in [4.78, 5) is 12.0. The molecule has 0 aliphatic heterocycles. The second-order valence-corrected chi connectivity index (χ2v) is 6.17. The van der Waals surface area contributed by atoms with E-state index in [9.17, 15) is 4.79 Å². The van der Waals surface area contributed by atoms with Crippen LogP contribution in [0.15, 0.2) is 22.7 Å². The molecule has 1 atom stereocenters. The molecule has 0 aliphatic rings. The van der Waals surface area contributed by atoms with E-state index in [2.05, 4.69) is 44.1 Å². The van der Waals surface area contributed by atoms with Crippen LogP contribution in [0.3, 0.4) is 0 Å². The van der Waals surface area contributed by atoms with Crippen molar-refractivity contribution in [3.8, 4) is 0 Å². The zero-order valence-corrected chi connectivity index (χ0v) is 14.1. The molecule has 1 aromatic carbocycles. The van der Waals surface area contributed by atoms with Gasteiger partial charge in [-0.3, -0.25) is 4.79 Å². The van der Waals surface area contributed by atoms with Crippen LogP contribution in [0, 0.1) is 5.92 Å². The SMILES string of the molecule is CCC(CCBr)CNC(=O)c1ccc(Cl)cc1Br. The number of carbonyl (C=O) groups is 1. The van der Waals surface area contributed by atoms with Crippen molar-refractivity contribution in [2.45, 2.75) is 19.8 Å². The van der Waals surface area contributed by atoms with Gasteiger partial charge in [-0.25, -0.2) is 0 Å². The summed E-state index contributed by atoms with van der Waals surface area (Å²) in [5, 5.41) is 4.54. The highest BCUT2D eigenvalue weighted by Gasteiger charge is 2.12. The van der Waals surface area contributed by atoms with Crippen molar-refractivity contribution in [2.24, 2.45) is 5.92 Å². The molecule has 0 spiro atoms. The molecule has 0 heterocycles. The Labute approximate surface area is 130 Å². The molecule has 0 fully saturated rings. The fraction of sp³-hybridized carbons (Fsp3) is 0.462. The lowest BCUT2D eigenvalue weighted by molar-refractivity contribution is 0.0945. The normalized spacial score (nSPS) is 12.2. The molecular weight excluding hydrogens is 381 g/mol. The third-order valence-corrected chi connectivity index (χ3v) is 4.17. The first-order chi connectivity index (χ1) is 8.58. The maximum absolute atomic E-state index is 12.0. The molecular formula is C13H16Br2ClNO. The van der Waals surface area contributed by atoms with E-state index in [4.69, 9.17) is 11.6 Å². The number of amides is 1. The predicted octanol–water partition coefficient (Wildman–Crippen LogP) is 4.64. The van der Waals surface area contributed by atoms with E-state index in [1.54, 1.807) is 18.2 Å². The third kappa shape index (κ3) is 4.90. The van der Waals surface area contributed by atoms with Crippen molar-refractivity contribution >= 4 is 49.4 Å². The van der Waals surface area contributed by atoms with E-state index in [0.29, 0.717) is 23.0 Å². The number of alkyl halides is 1. The van der Waals surface area contributed by atoms with Gasteiger partial charge in [0.1, 0.15) is 0 Å². The van der Waals surface area contributed by atoms with Crippen molar-refractivity contribution in [1.82, 2.24) is 5.32 Å². The monoisotopic (exact) mass is 395 g/mol. The summed E-state index contributed by atoms with van der Waals surface area (Å²) in [6, 6.07) is 5.18. The predicted molar refractivity (Wildman–Crippen MR) is 83.7 cm³/mol. The fourth-order valence-corrected chi connectivity index (χ4v) is 3.12. The Kier molecular flexibility index (Phi) is 7.27. The molecule has 18 heavy (non-hydrogen) atoms. The molecule has 0 radical (unpaired) electrons. The van der Waals surface area contributed by atoms with Gasteiger partial charge in [0.15, 0.2) is 0 Å². The number of hydrogen-bond donors (Lipinski definition) is 1. The van der Waals surface area contributed by atoms with Crippen molar-refractivity contribution in [3.05, 3.63) is 33.3 Å². The van der Waals surface area contributed by atoms with Crippen molar-refractivity contribution < 1.29 is 4.79 Å². The van der Waals surface area contributed by atoms with Crippen LogP contribution in [0.1, 0.15) is 30.1 Å². The molecule has 0 saturated heterocycles. The van der Waals surface area contributed by atoms with E-state index in [1.165, 1.54) is 0 Å². The van der Waals surface area contributed by atoms with Gasteiger partial charge in [0.05, 0.1) is 5.56 Å². The van der Waals surface area contributed by atoms with E-state index >= 15 is 0 Å². The minimum Gasteiger partial charge on any atom is -0.352 e. The Bertz CT molecular complexity index is 412. The Morgan fingerprint density at radius 3 is 2.78 bits per heavy atom. The molecule has 1 rings (SSSR count). The van der Waals surface area contributed by atoms with Gasteiger partial charge in [-0.05, 0) is 46.5 Å². The molecule has 0 aliphatic carbocycles. The van der Waals surface area contributed by atoms with E-state index in [-0.39, 0.29) is 5.91 Å². The smallest absolute Gasteiger partial charge is 0.252 e. The van der Waals surface area contributed by atoms with Gasteiger partial charge < -0.3 is 5.32 Å². The number of benzene rings is 1. The Morgan fingerprint density at radius 2 is 2.22 bits per heavy atom. The largest absolute Gasteiger partial charge is 0.352 e. The van der Waals surface area contributed by atoms with Gasteiger partial charge >= 0.3 is 0 Å². The summed E-state index contributed by atoms with van der Waals surface area (Å²) in [5.74, 6) is 0.450. The average Bonchev–Trinajstić information content (AvgIpc) is 2.34. The number of carbonyl (C=O) groups excluding carboxylic acids is 1. The molecule has 100 valence electrons. The van der Waals surface area contributed by atoms with E-state index < -0.39 is 0 Å². The standard InChI is InChI=1S/C13H16Br2ClNO/c1-2-9(5-6-14)8-17-13(18)11-4-3-10(16)7-12(11)15/h3-4,7,9H,2,5-6,8H2,1H3,(H,17,18). The van der Waals surface area contributed by atoms with Crippen LogP contribution in [0.5, 0.6) is 0 Å². The Hall–Kier alpha value is -0.0600. The molecule has 1 unspecified atom stereocenters. The minimum atomic E-state index is -0.0634. The first kappa shape index (κ1) is 16.0. The number of rotatable bonds is 6. The molecule has 5 heteroatoms. The fourth-order valence-electron chi connectivity index (χ4n) is 1.61. The lowest BCUT2D eigenvalue weighted by atomic mass is 10.0. The minimum absolute atomic E-state index is 0.0634. The van der Waals surface area contributed by atoms with E-state index in [0.717, 1.165) is 22.6 Å². The van der Waals surface area contributed by atoms with Crippen LogP contribution in [0.4, 0.5) is 0 Å². The first-order valence-electron chi connectivity index (χ1n) is 5.87. The highest BCUT2D eigenvalue weighted by molar-refractivity contribution is 9.10. The highest BCUT2D eigenvalue weighted by Crippen LogP contribution is 2.21. The summed E-state index contributed by atoms with van der Waals surface area (Å²) in [6.45, 7) is 2.84. The summed E-state index contributed by atoms with van der Waals surface area (Å²) in [6.07, 6.45) is 2.13. The highest BCUT2D eigenvalue weighted by atomic mass is 79.9. The topological polar surface area (TPSA) is 29.1 Å². The molecule has 0 bridgehead atoms. The average molecular weight is 398 g/mol. The second kappa shape index (κ2) is 8.18. The molecule has 0 aromatic heterocycles. The van der Waals surface area contributed by atoms with Gasteiger partial charge in [0.25, 0.3) is 5.91 Å². The second-order valence-electron chi connectivity index (χ2n) is 4.09. The van der Waals surface area contributed by atoms with Crippen LogP contribution in [-0.4, -0.2) is 17.8 Å². The zero-order chi connectivity index (χ0) is 13.5. The molecule has 0 saturated carbocycles. The Morgan fingerprint density at radius 1 is 1.50 bits per heavy atom. The Balaban J connectivity index is 2.59. The lowest BCUT2D eigenvalue weighted by Gasteiger charge is -2.14. The van der Waals surface area contributed by atoms with Gasteiger partial charge in [-0.1, -0.05) is 40.9 Å². The number of hydrogen-bond acceptors (Lipinski definition) is 1. The van der Waals surface area contributed by atoms with Crippen LogP contribution in [-0.2, 0) is 0 Å². The summed E-state index contributed by atoms with van der Waals surface area (Å²) >= 11 is 12.6. The van der Waals surface area contributed by atoms with Crippen molar-refractivity contribution in [1.29, 1.82) is 0 Å². The maximum Gasteiger partial charge on any atom is 0.252 e. The summed E-state index contributed by atoms with van der Waals surface area (Å²) < 4.78 is 0.723. The quantitative estimate of drug-likeness (QED) is 0.696. The maximum atomic E-state index is 12.0. The van der Waals surface area contributed by atoms with Crippen LogP contribution in [0.25, 0.3) is 0 Å². The zero-order valence-electron chi connectivity index (χ0n) is 10.2. The molecule has 1 N–H and O–H groups in total. The van der Waals surface area contributed by atoms with Gasteiger partial charge in [0.2, 0.25) is 0 Å². The summed E-state index contributed by atoms with van der Waals surface area (Å²) in [7, 11) is 0. The van der Waals surface area contributed by atoms with Crippen molar-refractivity contribution in [2.75, 3.05) is 11.9 Å². The van der Waals surface area contributed by atoms with Crippen LogP contribution >= 0.6 is 43.5 Å². The molecule has 1 aromatic rings. The number of nitrogens with one attached hydrogen (secondary N) is 1. The van der Waals surface area contributed by atoms with Crippen LogP contribution < -0.4 is 5.32 Å². The summed E-state index contributed by atoms with van der Waals surface area (Å²) in [5.41, 5.74) is 0.619. The number of halogens is 3.